The molecule has 0 aromatic heterocycles. The van der Waals surface area contributed by atoms with E-state index in [-0.39, 0.29) is 0 Å². The summed E-state index contributed by atoms with van der Waals surface area (Å²) in [6.45, 7) is 7.48. The van der Waals surface area contributed by atoms with Crippen molar-refractivity contribution in [1.82, 2.24) is 4.90 Å². The lowest BCUT2D eigenvalue weighted by atomic mass is 9.92. The molecule has 0 radical (unpaired) electrons. The first-order chi connectivity index (χ1) is 6.93. The molecule has 0 aliphatic carbocycles. The summed E-state index contributed by atoms with van der Waals surface area (Å²) in [5.41, 5.74) is -0.636. The lowest BCUT2D eigenvalue weighted by molar-refractivity contribution is -0.148. The molecular weight excluding hydrogens is 210 g/mol. The molecule has 1 aliphatic rings. The van der Waals surface area contributed by atoms with Crippen molar-refractivity contribution in [1.29, 1.82) is 0 Å². The third-order valence-electron chi connectivity index (χ3n) is 3.00. The van der Waals surface area contributed by atoms with Gasteiger partial charge in [-0.05, 0) is 32.9 Å². The van der Waals surface area contributed by atoms with E-state index >= 15 is 0 Å². The van der Waals surface area contributed by atoms with Crippen LogP contribution in [0.5, 0.6) is 0 Å². The van der Waals surface area contributed by atoms with Crippen LogP contribution in [0.1, 0.15) is 27.2 Å². The average Bonchev–Trinajstić information content (AvgIpc) is 2.31. The first kappa shape index (κ1) is 12.8. The van der Waals surface area contributed by atoms with Gasteiger partial charge in [0.1, 0.15) is 0 Å². The molecule has 1 rings (SSSR count). The maximum absolute atomic E-state index is 11.1. The summed E-state index contributed by atoms with van der Waals surface area (Å²) in [6, 6.07) is 0.513. The van der Waals surface area contributed by atoms with Gasteiger partial charge in [-0.3, -0.25) is 9.69 Å². The van der Waals surface area contributed by atoms with Crippen LogP contribution in [-0.4, -0.2) is 46.6 Å². The molecule has 0 amide bonds. The van der Waals surface area contributed by atoms with E-state index in [9.17, 15) is 4.79 Å². The van der Waals surface area contributed by atoms with Crippen molar-refractivity contribution in [3.63, 3.8) is 0 Å². The van der Waals surface area contributed by atoms with Gasteiger partial charge in [0.25, 0.3) is 0 Å². The lowest BCUT2D eigenvalue weighted by Crippen LogP contribution is -2.43. The Kier molecular flexibility index (Phi) is 4.46. The summed E-state index contributed by atoms with van der Waals surface area (Å²) >= 11 is 1.97. The van der Waals surface area contributed by atoms with Gasteiger partial charge in [-0.15, -0.1) is 0 Å². The minimum Gasteiger partial charge on any atom is -0.481 e. The number of carboxylic acid groups (broad SMARTS) is 1. The second-order valence-corrected chi connectivity index (χ2v) is 6.13. The van der Waals surface area contributed by atoms with Crippen LogP contribution in [0.25, 0.3) is 0 Å². The fourth-order valence-electron chi connectivity index (χ4n) is 1.75. The second-order valence-electron chi connectivity index (χ2n) is 4.91. The number of carboxylic acids is 1. The smallest absolute Gasteiger partial charge is 0.310 e. The number of rotatable bonds is 3. The molecule has 1 saturated heterocycles. The highest BCUT2D eigenvalue weighted by atomic mass is 32.2. The number of aliphatic carboxylic acids is 1. The normalized spacial score (nSPS) is 24.9. The molecular formula is C11H21NO2S. The van der Waals surface area contributed by atoms with Gasteiger partial charge in [0.2, 0.25) is 0 Å². The number of nitrogens with zero attached hydrogens (tertiary/aromatic N) is 1. The molecule has 0 aromatic carbocycles. The molecule has 0 spiro atoms. The summed E-state index contributed by atoms with van der Waals surface area (Å²) in [4.78, 5) is 13.4. The van der Waals surface area contributed by atoms with Crippen molar-refractivity contribution < 1.29 is 9.90 Å². The maximum atomic E-state index is 11.1. The predicted octanol–water partition coefficient (Wildman–Crippen LogP) is 1.92. The topological polar surface area (TPSA) is 40.5 Å². The van der Waals surface area contributed by atoms with Crippen molar-refractivity contribution in [2.24, 2.45) is 5.41 Å². The Balaban J connectivity index is 2.58. The number of hydrogen-bond donors (Lipinski definition) is 1. The van der Waals surface area contributed by atoms with Crippen molar-refractivity contribution in [2.75, 3.05) is 24.6 Å². The van der Waals surface area contributed by atoms with E-state index in [1.165, 1.54) is 12.2 Å². The summed E-state index contributed by atoms with van der Waals surface area (Å²) in [5, 5.41) is 9.10. The maximum Gasteiger partial charge on any atom is 0.310 e. The molecule has 1 unspecified atom stereocenters. The Morgan fingerprint density at radius 1 is 1.53 bits per heavy atom. The molecule has 0 saturated carbocycles. The Labute approximate surface area is 96.2 Å². The molecule has 1 aliphatic heterocycles. The van der Waals surface area contributed by atoms with Crippen molar-refractivity contribution >= 4 is 17.7 Å². The SMILES string of the molecule is CC1CCSCCN1CC(C)(C)C(=O)O. The highest BCUT2D eigenvalue weighted by Crippen LogP contribution is 2.22. The Bertz CT molecular complexity index is 231. The lowest BCUT2D eigenvalue weighted by Gasteiger charge is -2.32. The van der Waals surface area contributed by atoms with E-state index in [0.717, 1.165) is 12.3 Å². The molecule has 4 heteroatoms. The zero-order valence-corrected chi connectivity index (χ0v) is 10.6. The molecule has 0 bridgehead atoms. The van der Waals surface area contributed by atoms with Crippen molar-refractivity contribution in [2.45, 2.75) is 33.2 Å². The summed E-state index contributed by atoms with van der Waals surface area (Å²) in [6.07, 6.45) is 1.17. The number of carbonyl (C=O) groups is 1. The quantitative estimate of drug-likeness (QED) is 0.805. The predicted molar refractivity (Wildman–Crippen MR) is 64.4 cm³/mol. The molecule has 3 nitrogen and oxygen atoms in total. The van der Waals surface area contributed by atoms with Gasteiger partial charge in [0.05, 0.1) is 5.41 Å². The molecule has 1 atom stereocenters. The van der Waals surface area contributed by atoms with Gasteiger partial charge in [0, 0.05) is 24.9 Å². The van der Waals surface area contributed by atoms with Crippen LogP contribution in [0, 0.1) is 5.41 Å². The molecule has 1 N–H and O–H groups in total. The average molecular weight is 231 g/mol. The van der Waals surface area contributed by atoms with E-state index in [4.69, 9.17) is 5.11 Å². The molecule has 0 aromatic rings. The van der Waals surface area contributed by atoms with E-state index in [2.05, 4.69) is 11.8 Å². The molecule has 1 fully saturated rings. The van der Waals surface area contributed by atoms with Crippen LogP contribution in [0.15, 0.2) is 0 Å². The minimum absolute atomic E-state index is 0.513. The van der Waals surface area contributed by atoms with Gasteiger partial charge in [-0.2, -0.15) is 11.8 Å². The van der Waals surface area contributed by atoms with Gasteiger partial charge < -0.3 is 5.11 Å². The zero-order valence-electron chi connectivity index (χ0n) is 9.82. The summed E-state index contributed by atoms with van der Waals surface area (Å²) in [5.74, 6) is 1.62. The fourth-order valence-corrected chi connectivity index (χ4v) is 2.83. The summed E-state index contributed by atoms with van der Waals surface area (Å²) < 4.78 is 0. The van der Waals surface area contributed by atoms with Crippen LogP contribution in [0.4, 0.5) is 0 Å². The highest BCUT2D eigenvalue weighted by Gasteiger charge is 2.31. The van der Waals surface area contributed by atoms with E-state index in [1.807, 2.05) is 11.8 Å². The van der Waals surface area contributed by atoms with Crippen LogP contribution in [0.3, 0.4) is 0 Å². The number of thioether (sulfide) groups is 1. The Hall–Kier alpha value is -0.220. The van der Waals surface area contributed by atoms with Crippen LogP contribution in [-0.2, 0) is 4.79 Å². The van der Waals surface area contributed by atoms with Crippen LogP contribution < -0.4 is 0 Å². The third-order valence-corrected chi connectivity index (χ3v) is 4.00. The second kappa shape index (κ2) is 5.21. The third kappa shape index (κ3) is 3.68. The minimum atomic E-state index is -0.702. The van der Waals surface area contributed by atoms with Crippen LogP contribution >= 0.6 is 11.8 Å². The Morgan fingerprint density at radius 2 is 2.20 bits per heavy atom. The highest BCUT2D eigenvalue weighted by molar-refractivity contribution is 7.99. The van der Waals surface area contributed by atoms with Gasteiger partial charge in [-0.1, -0.05) is 0 Å². The number of hydrogen-bond acceptors (Lipinski definition) is 3. The zero-order chi connectivity index (χ0) is 11.5. The Morgan fingerprint density at radius 3 is 2.80 bits per heavy atom. The fraction of sp³-hybridized carbons (Fsp3) is 0.909. The monoisotopic (exact) mass is 231 g/mol. The first-order valence-corrected chi connectivity index (χ1v) is 6.64. The largest absolute Gasteiger partial charge is 0.481 e. The summed E-state index contributed by atoms with van der Waals surface area (Å²) in [7, 11) is 0. The van der Waals surface area contributed by atoms with Crippen molar-refractivity contribution in [3.8, 4) is 0 Å². The standard InChI is InChI=1S/C11H21NO2S/c1-9-4-6-15-7-5-12(9)8-11(2,3)10(13)14/h9H,4-8H2,1-3H3,(H,13,14). The van der Waals surface area contributed by atoms with E-state index in [1.54, 1.807) is 13.8 Å². The molecule has 15 heavy (non-hydrogen) atoms. The van der Waals surface area contributed by atoms with Crippen molar-refractivity contribution in [3.05, 3.63) is 0 Å². The van der Waals surface area contributed by atoms with Gasteiger partial charge in [0.15, 0.2) is 0 Å². The molecule has 88 valence electrons. The van der Waals surface area contributed by atoms with Gasteiger partial charge in [-0.25, -0.2) is 0 Å². The van der Waals surface area contributed by atoms with E-state index in [0.29, 0.717) is 12.6 Å². The molecule has 1 heterocycles. The van der Waals surface area contributed by atoms with Gasteiger partial charge >= 0.3 is 5.97 Å². The van der Waals surface area contributed by atoms with E-state index < -0.39 is 11.4 Å². The van der Waals surface area contributed by atoms with Crippen LogP contribution in [0.2, 0.25) is 0 Å². The first-order valence-electron chi connectivity index (χ1n) is 5.48.